The average molecular weight is 486 g/mol. The quantitative estimate of drug-likeness (QED) is 0.376. The van der Waals surface area contributed by atoms with Crippen LogP contribution in [0.2, 0.25) is 5.15 Å². The van der Waals surface area contributed by atoms with Crippen LogP contribution in [0.1, 0.15) is 16.7 Å². The Kier molecular flexibility index (Phi) is 6.60. The second-order valence-corrected chi connectivity index (χ2v) is 9.67. The molecule has 0 unspecified atom stereocenters. The van der Waals surface area contributed by atoms with Gasteiger partial charge in [0.15, 0.2) is 0 Å². The lowest BCUT2D eigenvalue weighted by Crippen LogP contribution is -2.12. The summed E-state index contributed by atoms with van der Waals surface area (Å²) in [7, 11) is 1.02. The number of pyridine rings is 1. The zero-order valence-corrected chi connectivity index (χ0v) is 20.1. The van der Waals surface area contributed by atoms with Crippen molar-refractivity contribution in [1.82, 2.24) is 14.3 Å². The summed E-state index contributed by atoms with van der Waals surface area (Å²) >= 11 is 6.32. The van der Waals surface area contributed by atoms with Gasteiger partial charge in [-0.3, -0.25) is 0 Å². The van der Waals surface area contributed by atoms with Crippen molar-refractivity contribution < 1.29 is 17.9 Å². The van der Waals surface area contributed by atoms with Crippen molar-refractivity contribution in [2.75, 3.05) is 21.3 Å². The van der Waals surface area contributed by atoms with Crippen LogP contribution in [0.25, 0.3) is 10.9 Å². The molecule has 0 aliphatic carbocycles. The van der Waals surface area contributed by atoms with Crippen LogP contribution in [0, 0.1) is 0 Å². The van der Waals surface area contributed by atoms with Gasteiger partial charge >= 0.3 is 0 Å². The van der Waals surface area contributed by atoms with E-state index in [-0.39, 0.29) is 4.90 Å². The maximum atomic E-state index is 13.6. The Labute approximate surface area is 198 Å². The van der Waals surface area contributed by atoms with Gasteiger partial charge in [0.25, 0.3) is 10.0 Å². The lowest BCUT2D eigenvalue weighted by atomic mass is 10.0. The predicted molar refractivity (Wildman–Crippen MR) is 129 cm³/mol. The van der Waals surface area contributed by atoms with Gasteiger partial charge in [-0.2, -0.15) is 0 Å². The Morgan fingerprint density at radius 2 is 1.85 bits per heavy atom. The van der Waals surface area contributed by atoms with E-state index in [1.807, 2.05) is 31.3 Å². The highest BCUT2D eigenvalue weighted by Crippen LogP contribution is 2.30. The molecule has 2 aromatic heterocycles. The van der Waals surface area contributed by atoms with Crippen molar-refractivity contribution in [3.05, 3.63) is 82.6 Å². The number of halogens is 1. The largest absolute Gasteiger partial charge is 0.497 e. The van der Waals surface area contributed by atoms with E-state index in [0.29, 0.717) is 35.3 Å². The highest BCUT2D eigenvalue weighted by Gasteiger charge is 2.22. The standard InChI is InChI=1S/C24H24ClN3O4S/c1-26-14-18-15-28(33(29,30)20-6-4-5-19(13-20)31-2)22-12-16(7-9-21(18)22)11-17-8-10-23(32-3)27-24(17)25/h4-10,12-13,15,26H,11,14H2,1-3H3. The van der Waals surface area contributed by atoms with Crippen molar-refractivity contribution in [2.24, 2.45) is 0 Å². The van der Waals surface area contributed by atoms with E-state index >= 15 is 0 Å². The Balaban J connectivity index is 1.82. The number of hydrogen-bond acceptors (Lipinski definition) is 6. The molecule has 0 fully saturated rings. The van der Waals surface area contributed by atoms with E-state index in [0.717, 1.165) is 22.1 Å². The van der Waals surface area contributed by atoms with Gasteiger partial charge in [-0.15, -0.1) is 0 Å². The fourth-order valence-electron chi connectivity index (χ4n) is 3.74. The molecular weight excluding hydrogens is 462 g/mol. The van der Waals surface area contributed by atoms with Gasteiger partial charge in [-0.25, -0.2) is 17.4 Å². The van der Waals surface area contributed by atoms with Crippen LogP contribution in [-0.4, -0.2) is 38.6 Å². The molecule has 2 heterocycles. The number of nitrogens with one attached hydrogen (secondary N) is 1. The first-order valence-corrected chi connectivity index (χ1v) is 12.1. The highest BCUT2D eigenvalue weighted by molar-refractivity contribution is 7.90. The van der Waals surface area contributed by atoms with Gasteiger partial charge in [-0.05, 0) is 41.9 Å². The smallest absolute Gasteiger partial charge is 0.268 e. The second-order valence-electron chi connectivity index (χ2n) is 7.50. The number of benzene rings is 2. The monoisotopic (exact) mass is 485 g/mol. The SMILES string of the molecule is CNCc1cn(S(=O)(=O)c2cccc(OC)c2)c2cc(Cc3ccc(OC)nc3Cl)ccc12. The van der Waals surface area contributed by atoms with Crippen LogP contribution in [0.4, 0.5) is 0 Å². The molecule has 33 heavy (non-hydrogen) atoms. The van der Waals surface area contributed by atoms with Crippen LogP contribution >= 0.6 is 11.6 Å². The number of nitrogens with zero attached hydrogens (tertiary/aromatic N) is 2. The molecule has 0 radical (unpaired) electrons. The highest BCUT2D eigenvalue weighted by atomic mass is 35.5. The molecule has 4 aromatic rings. The minimum atomic E-state index is -3.85. The van der Waals surface area contributed by atoms with Crippen LogP contribution in [-0.2, 0) is 23.0 Å². The third-order valence-electron chi connectivity index (χ3n) is 5.39. The maximum absolute atomic E-state index is 13.6. The summed E-state index contributed by atoms with van der Waals surface area (Å²) in [6.45, 7) is 0.532. The maximum Gasteiger partial charge on any atom is 0.268 e. The lowest BCUT2D eigenvalue weighted by molar-refractivity contribution is 0.397. The summed E-state index contributed by atoms with van der Waals surface area (Å²) in [4.78, 5) is 4.37. The number of hydrogen-bond donors (Lipinski definition) is 1. The van der Waals surface area contributed by atoms with Crippen molar-refractivity contribution in [1.29, 1.82) is 0 Å². The number of ether oxygens (including phenoxy) is 2. The fraction of sp³-hybridized carbons (Fsp3) is 0.208. The summed E-state index contributed by atoms with van der Waals surface area (Å²) in [6, 6.07) is 15.9. The van der Waals surface area contributed by atoms with E-state index in [2.05, 4.69) is 10.3 Å². The molecule has 0 amide bonds. The Hall–Kier alpha value is -3.07. The van der Waals surface area contributed by atoms with E-state index < -0.39 is 10.0 Å². The summed E-state index contributed by atoms with van der Waals surface area (Å²) < 4.78 is 38.8. The molecule has 9 heteroatoms. The van der Waals surface area contributed by atoms with Crippen LogP contribution in [0.5, 0.6) is 11.6 Å². The predicted octanol–water partition coefficient (Wildman–Crippen LogP) is 4.25. The molecule has 1 N–H and O–H groups in total. The minimum Gasteiger partial charge on any atom is -0.497 e. The number of rotatable bonds is 8. The van der Waals surface area contributed by atoms with Crippen molar-refractivity contribution in [3.8, 4) is 11.6 Å². The topological polar surface area (TPSA) is 82.5 Å². The lowest BCUT2D eigenvalue weighted by Gasteiger charge is -2.10. The molecule has 172 valence electrons. The first-order valence-electron chi connectivity index (χ1n) is 10.2. The summed E-state index contributed by atoms with van der Waals surface area (Å²) in [5.41, 5.74) is 3.21. The van der Waals surface area contributed by atoms with E-state index in [4.69, 9.17) is 21.1 Å². The first-order chi connectivity index (χ1) is 15.9. The minimum absolute atomic E-state index is 0.155. The first kappa shape index (κ1) is 23.1. The molecule has 0 saturated heterocycles. The molecule has 0 spiro atoms. The summed E-state index contributed by atoms with van der Waals surface area (Å²) in [5, 5.41) is 4.32. The van der Waals surface area contributed by atoms with Crippen molar-refractivity contribution in [2.45, 2.75) is 17.9 Å². The van der Waals surface area contributed by atoms with Gasteiger partial charge < -0.3 is 14.8 Å². The number of fused-ring (bicyclic) bond motifs is 1. The van der Waals surface area contributed by atoms with Crippen LogP contribution < -0.4 is 14.8 Å². The van der Waals surface area contributed by atoms with Crippen molar-refractivity contribution >= 4 is 32.5 Å². The van der Waals surface area contributed by atoms with Gasteiger partial charge in [0.2, 0.25) is 5.88 Å². The molecular formula is C24H24ClN3O4S. The number of methoxy groups -OCH3 is 2. The zero-order chi connectivity index (χ0) is 23.6. The van der Waals surface area contributed by atoms with Crippen molar-refractivity contribution in [3.63, 3.8) is 0 Å². The van der Waals surface area contributed by atoms with Crippen LogP contribution in [0.15, 0.2) is 65.7 Å². The van der Waals surface area contributed by atoms with E-state index in [1.54, 1.807) is 30.5 Å². The third kappa shape index (κ3) is 4.55. The summed E-state index contributed by atoms with van der Waals surface area (Å²) in [5.74, 6) is 0.916. The molecule has 0 atom stereocenters. The van der Waals surface area contributed by atoms with Crippen LogP contribution in [0.3, 0.4) is 0 Å². The fourth-order valence-corrected chi connectivity index (χ4v) is 5.37. The van der Waals surface area contributed by atoms with E-state index in [1.165, 1.54) is 24.3 Å². The van der Waals surface area contributed by atoms with Gasteiger partial charge in [-0.1, -0.05) is 35.9 Å². The molecule has 7 nitrogen and oxygen atoms in total. The molecule has 2 aromatic carbocycles. The second kappa shape index (κ2) is 9.43. The van der Waals surface area contributed by atoms with E-state index in [9.17, 15) is 8.42 Å². The normalized spacial score (nSPS) is 11.6. The summed E-state index contributed by atoms with van der Waals surface area (Å²) in [6.07, 6.45) is 2.17. The average Bonchev–Trinajstić information content (AvgIpc) is 3.19. The van der Waals surface area contributed by atoms with Gasteiger partial charge in [0.1, 0.15) is 10.9 Å². The Morgan fingerprint density at radius 1 is 1.03 bits per heavy atom. The zero-order valence-electron chi connectivity index (χ0n) is 18.5. The molecule has 0 aliphatic heterocycles. The Morgan fingerprint density at radius 3 is 2.55 bits per heavy atom. The molecule has 0 saturated carbocycles. The van der Waals surface area contributed by atoms with Gasteiger partial charge in [0, 0.05) is 36.7 Å². The molecule has 0 aliphatic rings. The van der Waals surface area contributed by atoms with Gasteiger partial charge in [0.05, 0.1) is 24.6 Å². The Bertz CT molecular complexity index is 1420. The molecule has 0 bridgehead atoms. The third-order valence-corrected chi connectivity index (χ3v) is 7.38. The number of aromatic nitrogens is 2. The molecule has 4 rings (SSSR count).